The van der Waals surface area contributed by atoms with Crippen LogP contribution >= 0.6 is 11.6 Å². The summed E-state index contributed by atoms with van der Waals surface area (Å²) in [7, 11) is 0. The van der Waals surface area contributed by atoms with Crippen molar-refractivity contribution < 1.29 is 32.3 Å². The van der Waals surface area contributed by atoms with Crippen LogP contribution in [-0.4, -0.2) is 40.7 Å². The van der Waals surface area contributed by atoms with Gasteiger partial charge in [-0.3, -0.25) is 15.0 Å². The van der Waals surface area contributed by atoms with Crippen LogP contribution in [0.5, 0.6) is 0 Å². The SMILES string of the molecule is Cc1nc(C(F)(F)F)ccc1CC1(NNC(=O)CNC(=O)OC(C)(C)C)N=NC(=O)C(c2ccc(C#N)cc2)=C1c1ccc(Cl)cc1. The molecule has 3 aromatic rings. The number of nitrogens with zero attached hydrogens (tertiary/aromatic N) is 4. The fourth-order valence-electron chi connectivity index (χ4n) is 4.67. The topological polar surface area (TPSA) is 158 Å². The van der Waals surface area contributed by atoms with Crippen LogP contribution in [0.25, 0.3) is 11.1 Å². The van der Waals surface area contributed by atoms with E-state index in [2.05, 4.69) is 31.4 Å². The molecule has 0 spiro atoms. The Morgan fingerprint density at radius 1 is 1.00 bits per heavy atom. The van der Waals surface area contributed by atoms with E-state index in [1.165, 1.54) is 25.1 Å². The molecule has 1 aliphatic rings. The van der Waals surface area contributed by atoms with E-state index < -0.39 is 47.6 Å². The Labute approximate surface area is 272 Å². The van der Waals surface area contributed by atoms with Crippen LogP contribution in [0.3, 0.4) is 0 Å². The van der Waals surface area contributed by atoms with Crippen LogP contribution in [0, 0.1) is 18.3 Å². The minimum Gasteiger partial charge on any atom is -0.444 e. The zero-order valence-electron chi connectivity index (χ0n) is 25.6. The van der Waals surface area contributed by atoms with E-state index >= 15 is 0 Å². The predicted octanol–water partition coefficient (Wildman–Crippen LogP) is 5.92. The summed E-state index contributed by atoms with van der Waals surface area (Å²) in [5.74, 6) is -1.50. The van der Waals surface area contributed by atoms with Crippen LogP contribution in [-0.2, 0) is 26.9 Å². The highest BCUT2D eigenvalue weighted by atomic mass is 35.5. The van der Waals surface area contributed by atoms with Crippen molar-refractivity contribution in [2.45, 2.75) is 51.6 Å². The number of aromatic nitrogens is 1. The molecular weight excluding hydrogens is 639 g/mol. The molecule has 47 heavy (non-hydrogen) atoms. The number of nitriles is 1. The Morgan fingerprint density at radius 2 is 1.64 bits per heavy atom. The molecule has 1 atom stereocenters. The molecule has 1 aromatic heterocycles. The first-order valence-corrected chi connectivity index (χ1v) is 14.4. The monoisotopic (exact) mass is 667 g/mol. The van der Waals surface area contributed by atoms with Gasteiger partial charge >= 0.3 is 12.3 Å². The van der Waals surface area contributed by atoms with Gasteiger partial charge in [-0.1, -0.05) is 41.9 Å². The first-order valence-electron chi connectivity index (χ1n) is 14.1. The highest BCUT2D eigenvalue weighted by molar-refractivity contribution is 6.31. The normalized spacial score (nSPS) is 16.4. The highest BCUT2D eigenvalue weighted by Gasteiger charge is 2.44. The first kappa shape index (κ1) is 34.7. The number of carbonyl (C=O) groups is 3. The van der Waals surface area contributed by atoms with Gasteiger partial charge in [0, 0.05) is 22.7 Å². The molecule has 1 aliphatic heterocycles. The van der Waals surface area contributed by atoms with Crippen molar-refractivity contribution in [3.63, 3.8) is 0 Å². The molecule has 244 valence electrons. The lowest BCUT2D eigenvalue weighted by Gasteiger charge is -2.36. The van der Waals surface area contributed by atoms with E-state index in [1.54, 1.807) is 57.2 Å². The number of alkyl carbamates (subject to hydrolysis) is 1. The Morgan fingerprint density at radius 3 is 2.21 bits per heavy atom. The molecule has 0 aliphatic carbocycles. The van der Waals surface area contributed by atoms with E-state index in [9.17, 15) is 32.8 Å². The van der Waals surface area contributed by atoms with Gasteiger partial charge in [-0.15, -0.1) is 5.11 Å². The molecule has 0 radical (unpaired) electrons. The number of hydrogen-bond acceptors (Lipinski definition) is 8. The number of benzene rings is 2. The van der Waals surface area contributed by atoms with Gasteiger partial charge in [-0.05, 0) is 74.7 Å². The molecule has 0 bridgehead atoms. The standard InChI is InChI=1S/C32H29ClF3N7O4/c1-18-22(11-14-24(39-18)32(34,35)36)15-31(42-40-25(44)17-38-29(46)47-30(2,3)4)27(21-9-12-23(33)13-10-21)26(28(45)41-43-31)20-7-5-19(16-37)6-8-20/h5-14,42H,15,17H2,1-4H3,(H,38,46)(H,40,44). The van der Waals surface area contributed by atoms with Gasteiger partial charge in [0.05, 0.1) is 17.2 Å². The average Bonchev–Trinajstić information content (AvgIpc) is 3.00. The lowest BCUT2D eigenvalue weighted by Crippen LogP contribution is -2.57. The minimum absolute atomic E-state index is 0.0152. The molecular formula is C32H29ClF3N7O4. The summed E-state index contributed by atoms with van der Waals surface area (Å²) < 4.78 is 45.5. The summed E-state index contributed by atoms with van der Waals surface area (Å²) >= 11 is 6.17. The molecule has 1 unspecified atom stereocenters. The van der Waals surface area contributed by atoms with Crippen LogP contribution in [0.4, 0.5) is 18.0 Å². The van der Waals surface area contributed by atoms with Crippen molar-refractivity contribution in [3.05, 3.63) is 99.3 Å². The Balaban J connectivity index is 1.85. The van der Waals surface area contributed by atoms with Crippen LogP contribution in [0.15, 0.2) is 70.9 Å². The third-order valence-corrected chi connectivity index (χ3v) is 7.01. The first-order chi connectivity index (χ1) is 22.0. The maximum Gasteiger partial charge on any atom is 0.433 e. The van der Waals surface area contributed by atoms with Crippen molar-refractivity contribution in [2.75, 3.05) is 6.54 Å². The molecule has 4 rings (SSSR count). The van der Waals surface area contributed by atoms with Crippen molar-refractivity contribution in [1.82, 2.24) is 21.2 Å². The van der Waals surface area contributed by atoms with Crippen molar-refractivity contribution >= 4 is 40.7 Å². The zero-order valence-corrected chi connectivity index (χ0v) is 26.4. The number of carbonyl (C=O) groups excluding carboxylic acids is 3. The Bertz CT molecular complexity index is 1800. The van der Waals surface area contributed by atoms with Crippen LogP contribution < -0.4 is 16.2 Å². The van der Waals surface area contributed by atoms with E-state index in [0.717, 1.165) is 6.07 Å². The number of amides is 3. The third kappa shape index (κ3) is 8.57. The van der Waals surface area contributed by atoms with Gasteiger partial charge in [0.15, 0.2) is 5.66 Å². The van der Waals surface area contributed by atoms with Crippen molar-refractivity contribution in [2.24, 2.45) is 10.2 Å². The summed E-state index contributed by atoms with van der Waals surface area (Å²) in [6, 6.07) is 16.5. The molecule has 0 fully saturated rings. The van der Waals surface area contributed by atoms with E-state index in [1.807, 2.05) is 6.07 Å². The fraction of sp³-hybridized carbons (Fsp3) is 0.281. The minimum atomic E-state index is -4.69. The van der Waals surface area contributed by atoms with Gasteiger partial charge in [-0.25, -0.2) is 15.2 Å². The predicted molar refractivity (Wildman–Crippen MR) is 165 cm³/mol. The molecule has 11 nitrogen and oxygen atoms in total. The van der Waals surface area contributed by atoms with Gasteiger partial charge in [0.25, 0.3) is 11.8 Å². The van der Waals surface area contributed by atoms with Crippen molar-refractivity contribution in [1.29, 1.82) is 5.26 Å². The summed E-state index contributed by atoms with van der Waals surface area (Å²) in [6.07, 6.45) is -5.79. The second kappa shape index (κ2) is 13.7. The van der Waals surface area contributed by atoms with Gasteiger partial charge < -0.3 is 10.1 Å². The summed E-state index contributed by atoms with van der Waals surface area (Å²) in [5.41, 5.74) is 3.19. The Hall–Kier alpha value is -5.13. The smallest absolute Gasteiger partial charge is 0.433 e. The quantitative estimate of drug-likeness (QED) is 0.252. The number of rotatable bonds is 8. The van der Waals surface area contributed by atoms with Gasteiger partial charge in [0.2, 0.25) is 0 Å². The fourth-order valence-corrected chi connectivity index (χ4v) is 4.80. The Kier molecular flexibility index (Phi) is 10.1. The summed E-state index contributed by atoms with van der Waals surface area (Å²) in [5, 5.41) is 20.2. The maximum absolute atomic E-state index is 13.5. The number of hydrazine groups is 1. The lowest BCUT2D eigenvalue weighted by atomic mass is 9.81. The van der Waals surface area contributed by atoms with Crippen molar-refractivity contribution in [3.8, 4) is 6.07 Å². The maximum atomic E-state index is 13.5. The number of azo groups is 1. The molecule has 0 saturated heterocycles. The summed E-state index contributed by atoms with van der Waals surface area (Å²) in [6.45, 7) is 5.82. The molecule has 2 aromatic carbocycles. The number of hydrogen-bond donors (Lipinski definition) is 3. The number of ether oxygens (including phenoxy) is 1. The van der Waals surface area contributed by atoms with Gasteiger partial charge in [0.1, 0.15) is 17.8 Å². The zero-order chi connectivity index (χ0) is 34.6. The third-order valence-electron chi connectivity index (χ3n) is 6.76. The van der Waals surface area contributed by atoms with E-state index in [0.29, 0.717) is 21.7 Å². The molecule has 2 heterocycles. The highest BCUT2D eigenvalue weighted by Crippen LogP contribution is 2.42. The van der Waals surface area contributed by atoms with Crippen LogP contribution in [0.2, 0.25) is 5.02 Å². The summed E-state index contributed by atoms with van der Waals surface area (Å²) in [4.78, 5) is 42.3. The molecule has 3 amide bonds. The molecule has 0 saturated carbocycles. The lowest BCUT2D eigenvalue weighted by molar-refractivity contribution is -0.141. The largest absolute Gasteiger partial charge is 0.444 e. The average molecular weight is 668 g/mol. The molecule has 3 N–H and O–H groups in total. The second-order valence-electron chi connectivity index (χ2n) is 11.5. The van der Waals surface area contributed by atoms with E-state index in [-0.39, 0.29) is 28.8 Å². The number of pyridine rings is 1. The van der Waals surface area contributed by atoms with E-state index in [4.69, 9.17) is 16.3 Å². The number of alkyl halides is 3. The number of halogens is 4. The second-order valence-corrected chi connectivity index (χ2v) is 11.9. The van der Waals surface area contributed by atoms with Crippen LogP contribution in [0.1, 0.15) is 54.4 Å². The molecule has 15 heteroatoms. The number of nitrogens with one attached hydrogen (secondary N) is 3. The number of aryl methyl sites for hydroxylation is 1. The van der Waals surface area contributed by atoms with Gasteiger partial charge in [-0.2, -0.15) is 23.5 Å².